The average Bonchev–Trinajstić information content (AvgIpc) is 2.25. The van der Waals surface area contributed by atoms with E-state index in [9.17, 15) is 4.79 Å². The molecular weight excluding hydrogens is 266 g/mol. The van der Waals surface area contributed by atoms with E-state index in [4.69, 9.17) is 4.43 Å². The van der Waals surface area contributed by atoms with Crippen LogP contribution >= 0.6 is 0 Å². The number of allylic oxidation sites excluding steroid dienone is 1. The van der Waals surface area contributed by atoms with E-state index >= 15 is 0 Å². The monoisotopic (exact) mass is 293 g/mol. The molecule has 0 saturated carbocycles. The number of nitrogens with zero attached hydrogens (tertiary/aromatic N) is 1. The van der Waals surface area contributed by atoms with E-state index in [2.05, 4.69) is 53.4 Å². The van der Waals surface area contributed by atoms with Gasteiger partial charge in [-0.15, -0.1) is 0 Å². The average molecular weight is 293 g/mol. The zero-order valence-corrected chi connectivity index (χ0v) is 14.6. The molecule has 1 amide bonds. The Morgan fingerprint density at radius 3 is 2.60 bits per heavy atom. The number of carbonyl (C=O) groups excluding carboxylic acids is 1. The van der Waals surface area contributed by atoms with Crippen LogP contribution in [0.2, 0.25) is 18.1 Å². The van der Waals surface area contributed by atoms with Crippen molar-refractivity contribution in [1.82, 2.24) is 4.90 Å². The van der Waals surface area contributed by atoms with E-state index in [1.807, 2.05) is 11.0 Å². The van der Waals surface area contributed by atoms with Crippen molar-refractivity contribution < 1.29 is 9.22 Å². The first-order valence-electron chi connectivity index (χ1n) is 7.42. The Morgan fingerprint density at radius 1 is 1.45 bits per heavy atom. The summed E-state index contributed by atoms with van der Waals surface area (Å²) in [4.78, 5) is 14.2. The highest BCUT2D eigenvalue weighted by Gasteiger charge is 2.53. The van der Waals surface area contributed by atoms with Crippen LogP contribution in [0.3, 0.4) is 0 Å². The van der Waals surface area contributed by atoms with Gasteiger partial charge in [0.15, 0.2) is 8.32 Å². The van der Waals surface area contributed by atoms with Crippen molar-refractivity contribution in [2.24, 2.45) is 5.92 Å². The minimum atomic E-state index is -1.83. The van der Waals surface area contributed by atoms with Crippen LogP contribution in [0.1, 0.15) is 34.1 Å². The van der Waals surface area contributed by atoms with Crippen LogP contribution < -0.4 is 0 Å². The van der Waals surface area contributed by atoms with Gasteiger partial charge in [0.1, 0.15) is 0 Å². The second-order valence-corrected chi connectivity index (χ2v) is 12.3. The number of β-lactam (4-membered cyclic amide) rings is 1. The Labute approximate surface area is 123 Å². The molecule has 0 aromatic rings. The summed E-state index contributed by atoms with van der Waals surface area (Å²) in [6.45, 7) is 17.2. The molecule has 0 aliphatic carbocycles. The summed E-state index contributed by atoms with van der Waals surface area (Å²) in [5, 5.41) is 0.170. The number of rotatable bonds is 3. The second kappa shape index (κ2) is 4.85. The maximum Gasteiger partial charge on any atom is 0.235 e. The van der Waals surface area contributed by atoms with E-state index in [1.165, 1.54) is 0 Å². The molecule has 3 atom stereocenters. The van der Waals surface area contributed by atoms with Gasteiger partial charge in [-0.2, -0.15) is 0 Å². The lowest BCUT2D eigenvalue weighted by atomic mass is 9.79. The van der Waals surface area contributed by atoms with Crippen molar-refractivity contribution in [3.63, 3.8) is 0 Å². The van der Waals surface area contributed by atoms with Gasteiger partial charge in [0, 0.05) is 5.70 Å². The van der Waals surface area contributed by atoms with Gasteiger partial charge in [0.05, 0.1) is 18.1 Å². The first-order valence-corrected chi connectivity index (χ1v) is 10.3. The first-order chi connectivity index (χ1) is 9.06. The van der Waals surface area contributed by atoms with E-state index in [0.29, 0.717) is 0 Å². The van der Waals surface area contributed by atoms with Gasteiger partial charge in [-0.1, -0.05) is 33.4 Å². The molecule has 0 bridgehead atoms. The van der Waals surface area contributed by atoms with Crippen LogP contribution in [-0.4, -0.2) is 31.3 Å². The lowest BCUT2D eigenvalue weighted by Gasteiger charge is -2.52. The number of hydrogen-bond acceptors (Lipinski definition) is 2. The molecule has 2 aliphatic heterocycles. The zero-order valence-electron chi connectivity index (χ0n) is 13.6. The van der Waals surface area contributed by atoms with Crippen LogP contribution in [0.15, 0.2) is 24.4 Å². The lowest BCUT2D eigenvalue weighted by Crippen LogP contribution is -2.65. The highest BCUT2D eigenvalue weighted by Crippen LogP contribution is 2.42. The van der Waals surface area contributed by atoms with Gasteiger partial charge in [-0.3, -0.25) is 4.79 Å². The smallest absolute Gasteiger partial charge is 0.235 e. The molecule has 0 unspecified atom stereocenters. The van der Waals surface area contributed by atoms with Crippen LogP contribution in [-0.2, 0) is 9.22 Å². The number of fused-ring (bicyclic) bond motifs is 1. The Bertz CT molecular complexity index is 462. The summed E-state index contributed by atoms with van der Waals surface area (Å²) in [5.74, 6) is 0.168. The lowest BCUT2D eigenvalue weighted by molar-refractivity contribution is -0.158. The Kier molecular flexibility index (Phi) is 3.76. The van der Waals surface area contributed by atoms with Crippen LogP contribution in [0.5, 0.6) is 0 Å². The van der Waals surface area contributed by atoms with Gasteiger partial charge >= 0.3 is 0 Å². The topological polar surface area (TPSA) is 29.5 Å². The molecule has 2 aliphatic rings. The van der Waals surface area contributed by atoms with Crippen molar-refractivity contribution >= 4 is 14.2 Å². The largest absolute Gasteiger partial charge is 0.413 e. The minimum absolute atomic E-state index is 0.00850. The van der Waals surface area contributed by atoms with Crippen LogP contribution in [0, 0.1) is 5.92 Å². The van der Waals surface area contributed by atoms with Crippen molar-refractivity contribution in [3.8, 4) is 0 Å². The molecule has 2 heterocycles. The summed E-state index contributed by atoms with van der Waals surface area (Å²) < 4.78 is 6.40. The fourth-order valence-electron chi connectivity index (χ4n) is 2.83. The van der Waals surface area contributed by atoms with E-state index in [0.717, 1.165) is 12.1 Å². The van der Waals surface area contributed by atoms with Gasteiger partial charge in [0.2, 0.25) is 5.91 Å². The van der Waals surface area contributed by atoms with E-state index in [-0.39, 0.29) is 29.0 Å². The third-order valence-electron chi connectivity index (χ3n) is 5.06. The Morgan fingerprint density at radius 2 is 2.05 bits per heavy atom. The SMILES string of the molecule is C=C1C=CC[C@@H]2[C@H]([C@@H](C)O[Si](C)(C)C(C)(C)C)C(=O)N12. The summed E-state index contributed by atoms with van der Waals surface area (Å²) in [6, 6.07) is 0.250. The predicted molar refractivity (Wildman–Crippen MR) is 84.8 cm³/mol. The molecule has 112 valence electrons. The van der Waals surface area contributed by atoms with Gasteiger partial charge in [-0.25, -0.2) is 0 Å². The normalized spacial score (nSPS) is 28.2. The number of carbonyl (C=O) groups is 1. The molecule has 1 saturated heterocycles. The van der Waals surface area contributed by atoms with Crippen LogP contribution in [0.4, 0.5) is 0 Å². The van der Waals surface area contributed by atoms with Gasteiger partial charge in [0.25, 0.3) is 0 Å². The molecule has 2 rings (SSSR count). The third-order valence-corrected chi connectivity index (χ3v) is 9.63. The summed E-state index contributed by atoms with van der Waals surface area (Å²) >= 11 is 0. The second-order valence-electron chi connectivity index (χ2n) is 7.51. The highest BCUT2D eigenvalue weighted by molar-refractivity contribution is 6.74. The molecule has 4 heteroatoms. The zero-order chi connectivity index (χ0) is 15.3. The molecule has 0 radical (unpaired) electrons. The van der Waals surface area contributed by atoms with Gasteiger partial charge in [-0.05, 0) is 37.6 Å². The Balaban J connectivity index is 2.08. The van der Waals surface area contributed by atoms with Crippen molar-refractivity contribution in [1.29, 1.82) is 0 Å². The molecule has 3 nitrogen and oxygen atoms in total. The van der Waals surface area contributed by atoms with Crippen molar-refractivity contribution in [2.45, 2.75) is 64.4 Å². The van der Waals surface area contributed by atoms with Gasteiger partial charge < -0.3 is 9.33 Å². The predicted octanol–water partition coefficient (Wildman–Crippen LogP) is 3.70. The number of hydrogen-bond donors (Lipinski definition) is 0. The molecule has 0 spiro atoms. The van der Waals surface area contributed by atoms with Crippen LogP contribution in [0.25, 0.3) is 0 Å². The maximum atomic E-state index is 12.4. The molecule has 1 fully saturated rings. The summed E-state index contributed by atoms with van der Waals surface area (Å²) in [6.07, 6.45) is 4.95. The van der Waals surface area contributed by atoms with E-state index < -0.39 is 8.32 Å². The summed E-state index contributed by atoms with van der Waals surface area (Å²) in [5.41, 5.74) is 0.821. The maximum absolute atomic E-state index is 12.4. The van der Waals surface area contributed by atoms with Crippen molar-refractivity contribution in [3.05, 3.63) is 24.4 Å². The molecule has 0 N–H and O–H groups in total. The quantitative estimate of drug-likeness (QED) is 0.586. The molecule has 0 aromatic heterocycles. The molecule has 0 aromatic carbocycles. The molecule has 20 heavy (non-hydrogen) atoms. The highest BCUT2D eigenvalue weighted by atomic mass is 28.4. The molecular formula is C16H27NO2Si. The Hall–Kier alpha value is -0.873. The standard InChI is InChI=1S/C16H27NO2Si/c1-11-9-8-10-13-14(15(18)17(11)13)12(2)19-20(6,7)16(3,4)5/h8-9,12-14H,1,10H2,2-7H3/t12-,13-,14+/m1/s1. The minimum Gasteiger partial charge on any atom is -0.413 e. The van der Waals surface area contributed by atoms with E-state index in [1.54, 1.807) is 0 Å². The fraction of sp³-hybridized carbons (Fsp3) is 0.688. The van der Waals surface area contributed by atoms with Crippen molar-refractivity contribution in [2.75, 3.05) is 0 Å². The summed E-state index contributed by atoms with van der Waals surface area (Å²) in [7, 11) is -1.83. The third kappa shape index (κ3) is 2.39. The number of amides is 1. The first kappa shape index (κ1) is 15.5. The fourth-order valence-corrected chi connectivity index (χ4v) is 4.26.